The summed E-state index contributed by atoms with van der Waals surface area (Å²) < 4.78 is 0. The molecule has 2 N–H and O–H groups in total. The highest BCUT2D eigenvalue weighted by atomic mass is 16.3. The SMILES string of the molecule is CCCCN(CCO)C(=O)c1cc(-c2ccccc2)n[nH]1. The predicted octanol–water partition coefficient (Wildman–Crippen LogP) is 2.31. The van der Waals surface area contributed by atoms with Gasteiger partial charge in [0.1, 0.15) is 5.69 Å². The fraction of sp³-hybridized carbons (Fsp3) is 0.375. The van der Waals surface area contributed by atoms with Crippen LogP contribution in [0.1, 0.15) is 30.3 Å². The first-order chi connectivity index (χ1) is 10.3. The number of aromatic nitrogens is 2. The van der Waals surface area contributed by atoms with Crippen molar-refractivity contribution in [2.24, 2.45) is 0 Å². The molecule has 0 aliphatic rings. The largest absolute Gasteiger partial charge is 0.395 e. The number of carbonyl (C=O) groups is 1. The lowest BCUT2D eigenvalue weighted by Crippen LogP contribution is -2.34. The van der Waals surface area contributed by atoms with Crippen molar-refractivity contribution in [3.8, 4) is 11.3 Å². The summed E-state index contributed by atoms with van der Waals surface area (Å²) >= 11 is 0. The standard InChI is InChI=1S/C16H21N3O2/c1-2-3-9-19(10-11-20)16(21)15-12-14(17-18-15)13-7-5-4-6-8-13/h4-8,12,20H,2-3,9-11H2,1H3,(H,17,18). The smallest absolute Gasteiger partial charge is 0.271 e. The third-order valence-electron chi connectivity index (χ3n) is 3.32. The lowest BCUT2D eigenvalue weighted by molar-refractivity contribution is 0.0713. The number of aromatic amines is 1. The van der Waals surface area contributed by atoms with Gasteiger partial charge in [-0.1, -0.05) is 43.7 Å². The number of benzene rings is 1. The zero-order chi connectivity index (χ0) is 15.1. The zero-order valence-corrected chi connectivity index (χ0v) is 12.2. The predicted molar refractivity (Wildman–Crippen MR) is 81.9 cm³/mol. The van der Waals surface area contributed by atoms with Crippen molar-refractivity contribution >= 4 is 5.91 Å². The Hall–Kier alpha value is -2.14. The molecule has 2 aromatic rings. The average Bonchev–Trinajstić information content (AvgIpc) is 3.01. The second kappa shape index (κ2) is 7.59. The van der Waals surface area contributed by atoms with Crippen LogP contribution in [0.25, 0.3) is 11.3 Å². The fourth-order valence-electron chi connectivity index (χ4n) is 2.14. The number of aliphatic hydroxyl groups excluding tert-OH is 1. The first kappa shape index (κ1) is 15.3. The zero-order valence-electron chi connectivity index (χ0n) is 12.2. The van der Waals surface area contributed by atoms with Crippen LogP contribution >= 0.6 is 0 Å². The highest BCUT2D eigenvalue weighted by Gasteiger charge is 2.17. The van der Waals surface area contributed by atoms with Crippen LogP contribution in [0.4, 0.5) is 0 Å². The van der Waals surface area contributed by atoms with Crippen LogP contribution in [0.2, 0.25) is 0 Å². The van der Waals surface area contributed by atoms with Crippen molar-refractivity contribution in [3.63, 3.8) is 0 Å². The van der Waals surface area contributed by atoms with Crippen molar-refractivity contribution in [3.05, 3.63) is 42.1 Å². The third-order valence-corrected chi connectivity index (χ3v) is 3.32. The minimum absolute atomic E-state index is 0.0326. The van der Waals surface area contributed by atoms with Crippen LogP contribution < -0.4 is 0 Å². The first-order valence-electron chi connectivity index (χ1n) is 7.27. The molecule has 21 heavy (non-hydrogen) atoms. The Kier molecular flexibility index (Phi) is 5.51. The summed E-state index contributed by atoms with van der Waals surface area (Å²) in [5.41, 5.74) is 2.17. The van der Waals surface area contributed by atoms with E-state index in [2.05, 4.69) is 17.1 Å². The number of amides is 1. The number of aliphatic hydroxyl groups is 1. The maximum atomic E-state index is 12.4. The molecule has 0 saturated carbocycles. The molecule has 2 rings (SSSR count). The number of hydrogen-bond donors (Lipinski definition) is 2. The van der Waals surface area contributed by atoms with Gasteiger partial charge < -0.3 is 10.0 Å². The quantitative estimate of drug-likeness (QED) is 0.821. The van der Waals surface area contributed by atoms with Gasteiger partial charge in [-0.15, -0.1) is 0 Å². The van der Waals surface area contributed by atoms with Crippen LogP contribution in [0.3, 0.4) is 0 Å². The van der Waals surface area contributed by atoms with E-state index in [-0.39, 0.29) is 12.5 Å². The lowest BCUT2D eigenvalue weighted by Gasteiger charge is -2.20. The van der Waals surface area contributed by atoms with Crippen LogP contribution in [0.15, 0.2) is 36.4 Å². The lowest BCUT2D eigenvalue weighted by atomic mass is 10.1. The number of hydrogen-bond acceptors (Lipinski definition) is 3. The van der Waals surface area contributed by atoms with E-state index in [4.69, 9.17) is 5.11 Å². The Balaban J connectivity index is 2.13. The molecular weight excluding hydrogens is 266 g/mol. The number of rotatable bonds is 7. The summed E-state index contributed by atoms with van der Waals surface area (Å²) in [6.07, 6.45) is 1.93. The molecule has 0 fully saturated rings. The number of unbranched alkanes of at least 4 members (excludes halogenated alkanes) is 1. The van der Waals surface area contributed by atoms with Crippen molar-refractivity contribution in [1.82, 2.24) is 15.1 Å². The van der Waals surface area contributed by atoms with Crippen LogP contribution in [0.5, 0.6) is 0 Å². The summed E-state index contributed by atoms with van der Waals surface area (Å²) in [6, 6.07) is 11.5. The van der Waals surface area contributed by atoms with E-state index in [0.717, 1.165) is 24.1 Å². The van der Waals surface area contributed by atoms with Crippen molar-refractivity contribution < 1.29 is 9.90 Å². The topological polar surface area (TPSA) is 69.2 Å². The second-order valence-corrected chi connectivity index (χ2v) is 4.90. The van der Waals surface area contributed by atoms with Gasteiger partial charge in [0.25, 0.3) is 5.91 Å². The molecule has 1 heterocycles. The molecule has 0 aliphatic heterocycles. The molecule has 0 aliphatic carbocycles. The maximum Gasteiger partial charge on any atom is 0.271 e. The molecule has 1 amide bonds. The minimum Gasteiger partial charge on any atom is -0.395 e. The van der Waals surface area contributed by atoms with Gasteiger partial charge in [-0.3, -0.25) is 9.89 Å². The Morgan fingerprint density at radius 1 is 1.29 bits per heavy atom. The van der Waals surface area contributed by atoms with E-state index in [0.29, 0.717) is 18.8 Å². The van der Waals surface area contributed by atoms with Crippen molar-refractivity contribution in [2.45, 2.75) is 19.8 Å². The van der Waals surface area contributed by atoms with E-state index < -0.39 is 0 Å². The second-order valence-electron chi connectivity index (χ2n) is 4.90. The van der Waals surface area contributed by atoms with E-state index >= 15 is 0 Å². The molecular formula is C16H21N3O2. The van der Waals surface area contributed by atoms with Gasteiger partial charge in [-0.25, -0.2) is 0 Å². The fourth-order valence-corrected chi connectivity index (χ4v) is 2.14. The van der Waals surface area contributed by atoms with Gasteiger partial charge in [0.05, 0.1) is 12.3 Å². The van der Waals surface area contributed by atoms with Crippen LogP contribution in [0, 0.1) is 0 Å². The molecule has 112 valence electrons. The maximum absolute atomic E-state index is 12.4. The number of nitrogens with zero attached hydrogens (tertiary/aromatic N) is 2. The van der Waals surface area contributed by atoms with E-state index in [1.54, 1.807) is 11.0 Å². The highest BCUT2D eigenvalue weighted by Crippen LogP contribution is 2.17. The monoisotopic (exact) mass is 287 g/mol. The molecule has 0 saturated heterocycles. The molecule has 0 spiro atoms. The molecule has 0 bridgehead atoms. The van der Waals surface area contributed by atoms with E-state index in [1.165, 1.54) is 0 Å². The average molecular weight is 287 g/mol. The Morgan fingerprint density at radius 3 is 2.71 bits per heavy atom. The molecule has 1 aromatic carbocycles. The van der Waals surface area contributed by atoms with E-state index in [9.17, 15) is 4.79 Å². The number of carbonyl (C=O) groups excluding carboxylic acids is 1. The number of nitrogens with one attached hydrogen (secondary N) is 1. The molecule has 0 radical (unpaired) electrons. The van der Waals surface area contributed by atoms with Gasteiger partial charge in [-0.05, 0) is 12.5 Å². The summed E-state index contributed by atoms with van der Waals surface area (Å²) in [6.45, 7) is 3.04. The third kappa shape index (κ3) is 3.92. The van der Waals surface area contributed by atoms with Gasteiger partial charge in [-0.2, -0.15) is 5.10 Å². The van der Waals surface area contributed by atoms with Gasteiger partial charge >= 0.3 is 0 Å². The molecule has 5 nitrogen and oxygen atoms in total. The molecule has 0 unspecified atom stereocenters. The Morgan fingerprint density at radius 2 is 2.05 bits per heavy atom. The summed E-state index contributed by atoms with van der Waals surface area (Å²) in [5.74, 6) is -0.118. The summed E-state index contributed by atoms with van der Waals surface area (Å²) in [7, 11) is 0. The van der Waals surface area contributed by atoms with Gasteiger partial charge in [0.15, 0.2) is 0 Å². The summed E-state index contributed by atoms with van der Waals surface area (Å²) in [5, 5.41) is 16.1. The normalized spacial score (nSPS) is 10.6. The first-order valence-corrected chi connectivity index (χ1v) is 7.27. The van der Waals surface area contributed by atoms with Gasteiger partial charge in [0, 0.05) is 18.7 Å². The molecule has 5 heteroatoms. The van der Waals surface area contributed by atoms with Crippen LogP contribution in [-0.2, 0) is 0 Å². The molecule has 0 atom stereocenters. The van der Waals surface area contributed by atoms with Crippen LogP contribution in [-0.4, -0.2) is 45.8 Å². The Bertz CT molecular complexity index is 566. The number of H-pyrrole nitrogens is 1. The van der Waals surface area contributed by atoms with E-state index in [1.807, 2.05) is 30.3 Å². The Labute approximate surface area is 124 Å². The molecule has 1 aromatic heterocycles. The minimum atomic E-state index is -0.118. The van der Waals surface area contributed by atoms with Gasteiger partial charge in [0.2, 0.25) is 0 Å². The van der Waals surface area contributed by atoms with Crippen molar-refractivity contribution in [2.75, 3.05) is 19.7 Å². The van der Waals surface area contributed by atoms with Crippen molar-refractivity contribution in [1.29, 1.82) is 0 Å². The summed E-state index contributed by atoms with van der Waals surface area (Å²) in [4.78, 5) is 14.1. The highest BCUT2D eigenvalue weighted by molar-refractivity contribution is 5.93.